The van der Waals surface area contributed by atoms with E-state index in [0.29, 0.717) is 23.4 Å². The van der Waals surface area contributed by atoms with E-state index in [1.165, 1.54) is 5.56 Å². The van der Waals surface area contributed by atoms with Crippen LogP contribution in [0.2, 0.25) is 0 Å². The molecule has 0 bridgehead atoms. The highest BCUT2D eigenvalue weighted by molar-refractivity contribution is 5.56. The number of rotatable bonds is 5. The van der Waals surface area contributed by atoms with Gasteiger partial charge in [0.25, 0.3) is 0 Å². The maximum Gasteiger partial charge on any atom is 0.159 e. The topological polar surface area (TPSA) is 58.8 Å². The van der Waals surface area contributed by atoms with Crippen molar-refractivity contribution in [3.63, 3.8) is 0 Å². The third-order valence-corrected chi connectivity index (χ3v) is 4.65. The van der Waals surface area contributed by atoms with Crippen molar-refractivity contribution in [1.29, 1.82) is 5.26 Å². The smallest absolute Gasteiger partial charge is 0.159 e. The molecule has 124 valence electrons. The third-order valence-electron chi connectivity index (χ3n) is 4.65. The minimum Gasteiger partial charge on any atom is -0.378 e. The lowest BCUT2D eigenvalue weighted by molar-refractivity contribution is 0.0251. The van der Waals surface area contributed by atoms with Crippen LogP contribution < -0.4 is 0 Å². The van der Waals surface area contributed by atoms with E-state index in [4.69, 9.17) is 10.00 Å². The first-order chi connectivity index (χ1) is 11.8. The Morgan fingerprint density at radius 1 is 1.08 bits per heavy atom. The Hall–Kier alpha value is -2.25. The van der Waals surface area contributed by atoms with E-state index in [1.54, 1.807) is 12.1 Å². The fraction of sp³-hybridized carbons (Fsp3) is 0.450. The molecule has 0 aliphatic heterocycles. The molecule has 4 nitrogen and oxygen atoms in total. The Balaban J connectivity index is 1.61. The molecule has 2 aromatic rings. The Morgan fingerprint density at radius 2 is 1.75 bits per heavy atom. The van der Waals surface area contributed by atoms with Crippen molar-refractivity contribution in [3.05, 3.63) is 47.8 Å². The molecule has 1 aromatic carbocycles. The molecule has 0 amide bonds. The summed E-state index contributed by atoms with van der Waals surface area (Å²) in [4.78, 5) is 9.05. The van der Waals surface area contributed by atoms with Gasteiger partial charge >= 0.3 is 0 Å². The van der Waals surface area contributed by atoms with Crippen LogP contribution in [0.4, 0.5) is 0 Å². The molecule has 0 atom stereocenters. The maximum atomic E-state index is 8.86. The molecule has 0 saturated heterocycles. The van der Waals surface area contributed by atoms with E-state index in [1.807, 2.05) is 24.5 Å². The van der Waals surface area contributed by atoms with Gasteiger partial charge in [0.05, 0.1) is 17.7 Å². The van der Waals surface area contributed by atoms with Crippen molar-refractivity contribution in [2.24, 2.45) is 0 Å². The second kappa shape index (κ2) is 8.03. The van der Waals surface area contributed by atoms with Crippen LogP contribution in [0.15, 0.2) is 36.7 Å². The van der Waals surface area contributed by atoms with Crippen LogP contribution in [0.3, 0.4) is 0 Å². The molecule has 1 aliphatic rings. The Labute approximate surface area is 143 Å². The molecule has 1 aliphatic carbocycles. The lowest BCUT2D eigenvalue weighted by Gasteiger charge is -2.28. The highest BCUT2D eigenvalue weighted by atomic mass is 16.5. The normalized spacial score (nSPS) is 20.5. The number of ether oxygens (including phenoxy) is 1. The fourth-order valence-electron chi connectivity index (χ4n) is 3.24. The molecule has 4 heteroatoms. The molecular weight excluding hydrogens is 298 g/mol. The Morgan fingerprint density at radius 3 is 2.33 bits per heavy atom. The van der Waals surface area contributed by atoms with Gasteiger partial charge in [0.2, 0.25) is 0 Å². The molecule has 0 radical (unpaired) electrons. The second-order valence-electron chi connectivity index (χ2n) is 6.37. The minimum atomic E-state index is 0.431. The van der Waals surface area contributed by atoms with Crippen molar-refractivity contribution >= 4 is 0 Å². The average molecular weight is 321 g/mol. The number of hydrogen-bond acceptors (Lipinski definition) is 4. The maximum absolute atomic E-state index is 8.86. The first-order valence-corrected chi connectivity index (χ1v) is 8.74. The molecular formula is C20H23N3O. The van der Waals surface area contributed by atoms with Crippen molar-refractivity contribution in [3.8, 4) is 17.5 Å². The summed E-state index contributed by atoms with van der Waals surface area (Å²) < 4.78 is 5.86. The van der Waals surface area contributed by atoms with Gasteiger partial charge in [-0.1, -0.05) is 6.92 Å². The molecule has 0 unspecified atom stereocenters. The van der Waals surface area contributed by atoms with Crippen LogP contribution in [0.5, 0.6) is 0 Å². The lowest BCUT2D eigenvalue weighted by atomic mass is 9.84. The van der Waals surface area contributed by atoms with Gasteiger partial charge in [-0.3, -0.25) is 0 Å². The van der Waals surface area contributed by atoms with Crippen LogP contribution in [-0.2, 0) is 4.74 Å². The van der Waals surface area contributed by atoms with Crippen LogP contribution in [0.25, 0.3) is 11.4 Å². The van der Waals surface area contributed by atoms with Crippen LogP contribution in [0, 0.1) is 11.3 Å². The van der Waals surface area contributed by atoms with E-state index < -0.39 is 0 Å². The quantitative estimate of drug-likeness (QED) is 0.815. The summed E-state index contributed by atoms with van der Waals surface area (Å²) in [5.41, 5.74) is 2.82. The van der Waals surface area contributed by atoms with Gasteiger partial charge in [0, 0.05) is 24.6 Å². The van der Waals surface area contributed by atoms with Crippen molar-refractivity contribution < 1.29 is 4.74 Å². The van der Waals surface area contributed by atoms with Gasteiger partial charge < -0.3 is 4.74 Å². The van der Waals surface area contributed by atoms with Gasteiger partial charge in [-0.2, -0.15) is 5.26 Å². The highest BCUT2D eigenvalue weighted by Crippen LogP contribution is 2.33. The predicted molar refractivity (Wildman–Crippen MR) is 93.4 cm³/mol. The van der Waals surface area contributed by atoms with E-state index in [0.717, 1.165) is 44.3 Å². The zero-order chi connectivity index (χ0) is 16.8. The Bertz CT molecular complexity index is 680. The monoisotopic (exact) mass is 321 g/mol. The summed E-state index contributed by atoms with van der Waals surface area (Å²) in [5, 5.41) is 8.86. The summed E-state index contributed by atoms with van der Waals surface area (Å²) in [6, 6.07) is 9.50. The largest absolute Gasteiger partial charge is 0.378 e. The van der Waals surface area contributed by atoms with Crippen LogP contribution >= 0.6 is 0 Å². The number of benzene rings is 1. The molecule has 0 N–H and O–H groups in total. The van der Waals surface area contributed by atoms with E-state index in [2.05, 4.69) is 23.0 Å². The molecule has 1 fully saturated rings. The molecule has 24 heavy (non-hydrogen) atoms. The first-order valence-electron chi connectivity index (χ1n) is 8.74. The van der Waals surface area contributed by atoms with Crippen molar-refractivity contribution in [2.75, 3.05) is 6.61 Å². The molecule has 0 spiro atoms. The summed E-state index contributed by atoms with van der Waals surface area (Å²) in [6.07, 6.45) is 9.98. The van der Waals surface area contributed by atoms with Crippen molar-refractivity contribution in [2.45, 2.75) is 51.0 Å². The standard InChI is InChI=1S/C20H23N3O/c1-2-11-24-19-9-7-16(8-10-19)18-13-22-20(23-14-18)17-5-3-15(12-21)4-6-17/h3-6,13-14,16,19H,2,7-11H2,1H3/t16-,19-. The summed E-state index contributed by atoms with van der Waals surface area (Å²) in [7, 11) is 0. The Kier molecular flexibility index (Phi) is 5.55. The number of nitriles is 1. The van der Waals surface area contributed by atoms with E-state index in [-0.39, 0.29) is 0 Å². The molecule has 3 rings (SSSR count). The highest BCUT2D eigenvalue weighted by Gasteiger charge is 2.23. The summed E-state index contributed by atoms with van der Waals surface area (Å²) >= 11 is 0. The van der Waals surface area contributed by atoms with E-state index in [9.17, 15) is 0 Å². The molecule has 1 aromatic heterocycles. The summed E-state index contributed by atoms with van der Waals surface area (Å²) in [5.74, 6) is 1.25. The first kappa shape index (κ1) is 16.6. The van der Waals surface area contributed by atoms with E-state index >= 15 is 0 Å². The zero-order valence-electron chi connectivity index (χ0n) is 14.1. The van der Waals surface area contributed by atoms with Gasteiger partial charge in [-0.05, 0) is 67.9 Å². The predicted octanol–water partition coefficient (Wildman–Crippen LogP) is 4.47. The SMILES string of the molecule is CCCO[C@H]1CC[C@H](c2cnc(-c3ccc(C#N)cc3)nc2)CC1. The zero-order valence-corrected chi connectivity index (χ0v) is 14.1. The number of hydrogen-bond donors (Lipinski definition) is 0. The van der Waals surface area contributed by atoms with Gasteiger partial charge in [0.1, 0.15) is 0 Å². The molecule has 1 heterocycles. The van der Waals surface area contributed by atoms with Gasteiger partial charge in [-0.25, -0.2) is 9.97 Å². The number of nitrogens with zero attached hydrogens (tertiary/aromatic N) is 3. The summed E-state index contributed by atoms with van der Waals surface area (Å²) in [6.45, 7) is 3.02. The molecule has 1 saturated carbocycles. The lowest BCUT2D eigenvalue weighted by Crippen LogP contribution is -2.21. The van der Waals surface area contributed by atoms with Gasteiger partial charge in [-0.15, -0.1) is 0 Å². The minimum absolute atomic E-state index is 0.431. The van der Waals surface area contributed by atoms with Crippen LogP contribution in [-0.4, -0.2) is 22.7 Å². The fourth-order valence-corrected chi connectivity index (χ4v) is 3.24. The third kappa shape index (κ3) is 3.98. The average Bonchev–Trinajstić information content (AvgIpc) is 2.67. The van der Waals surface area contributed by atoms with Gasteiger partial charge in [0.15, 0.2) is 5.82 Å². The number of aromatic nitrogens is 2. The second-order valence-corrected chi connectivity index (χ2v) is 6.37. The van der Waals surface area contributed by atoms with Crippen LogP contribution in [0.1, 0.15) is 56.1 Å². The van der Waals surface area contributed by atoms with Crippen molar-refractivity contribution in [1.82, 2.24) is 9.97 Å².